The van der Waals surface area contributed by atoms with Crippen LogP contribution in [0.4, 0.5) is 18.0 Å². The van der Waals surface area contributed by atoms with E-state index in [1.54, 1.807) is 12.1 Å². The second-order valence-electron chi connectivity index (χ2n) is 5.26. The molecule has 24 heavy (non-hydrogen) atoms. The highest BCUT2D eigenvalue weighted by molar-refractivity contribution is 6.08. The smallest absolute Gasteiger partial charge is 0.312 e. The molecule has 1 fully saturated rings. The Labute approximate surface area is 135 Å². The van der Waals surface area contributed by atoms with Gasteiger partial charge in [0.1, 0.15) is 0 Å². The Bertz CT molecular complexity index is 765. The maximum absolute atomic E-state index is 13.8. The fourth-order valence-corrected chi connectivity index (χ4v) is 2.61. The number of alkyl halides is 3. The first-order chi connectivity index (χ1) is 11.4. The van der Waals surface area contributed by atoms with Gasteiger partial charge in [-0.3, -0.25) is 14.7 Å². The van der Waals surface area contributed by atoms with Gasteiger partial charge < -0.3 is 5.32 Å². The van der Waals surface area contributed by atoms with Crippen molar-refractivity contribution in [3.8, 4) is 0 Å². The third kappa shape index (κ3) is 2.40. The van der Waals surface area contributed by atoms with Crippen LogP contribution in [0.2, 0.25) is 0 Å². The summed E-state index contributed by atoms with van der Waals surface area (Å²) >= 11 is 0. The third-order valence-electron chi connectivity index (χ3n) is 3.78. The lowest BCUT2D eigenvalue weighted by atomic mass is 9.89. The highest BCUT2D eigenvalue weighted by Gasteiger charge is 2.68. The summed E-state index contributed by atoms with van der Waals surface area (Å²) in [5, 5.41) is 1.83. The van der Waals surface area contributed by atoms with E-state index < -0.39 is 23.7 Å². The standard InChI is InChI=1S/C16H12F3N3O2/c17-16(18,19)15(11-6-2-1-3-7-11)13(23)22(14(24)21-15)10-12-8-4-5-9-20-12/h1-9H,10H2,(H,21,24)/t15-/m1/s1. The average molecular weight is 335 g/mol. The number of hydrogen-bond acceptors (Lipinski definition) is 3. The number of imide groups is 1. The van der Waals surface area contributed by atoms with Crippen molar-refractivity contribution in [1.82, 2.24) is 15.2 Å². The second-order valence-corrected chi connectivity index (χ2v) is 5.26. The molecule has 2 heterocycles. The van der Waals surface area contributed by atoms with Gasteiger partial charge in [-0.25, -0.2) is 4.79 Å². The Morgan fingerprint density at radius 1 is 1.04 bits per heavy atom. The van der Waals surface area contributed by atoms with Crippen molar-refractivity contribution in [3.63, 3.8) is 0 Å². The van der Waals surface area contributed by atoms with E-state index in [0.717, 1.165) is 12.1 Å². The summed E-state index contributed by atoms with van der Waals surface area (Å²) in [6.45, 7) is -0.337. The maximum Gasteiger partial charge on any atom is 0.425 e. The Kier molecular flexibility index (Phi) is 3.75. The van der Waals surface area contributed by atoms with Gasteiger partial charge in [0.2, 0.25) is 5.54 Å². The molecule has 1 aromatic carbocycles. The Balaban J connectivity index is 2.03. The van der Waals surface area contributed by atoms with Crippen LogP contribution in [0.5, 0.6) is 0 Å². The monoisotopic (exact) mass is 335 g/mol. The first kappa shape index (κ1) is 16.0. The highest BCUT2D eigenvalue weighted by Crippen LogP contribution is 2.43. The first-order valence-electron chi connectivity index (χ1n) is 7.02. The van der Waals surface area contributed by atoms with E-state index >= 15 is 0 Å². The number of halogens is 3. The van der Waals surface area contributed by atoms with Gasteiger partial charge in [-0.2, -0.15) is 13.2 Å². The molecule has 1 N–H and O–H groups in total. The van der Waals surface area contributed by atoms with Crippen LogP contribution in [0.3, 0.4) is 0 Å². The molecule has 0 radical (unpaired) electrons. The number of carbonyl (C=O) groups is 2. The number of nitrogens with zero attached hydrogens (tertiary/aromatic N) is 2. The molecule has 1 aliphatic heterocycles. The van der Waals surface area contributed by atoms with Crippen molar-refractivity contribution in [2.24, 2.45) is 0 Å². The molecule has 0 bridgehead atoms. The van der Waals surface area contributed by atoms with E-state index in [0.29, 0.717) is 10.6 Å². The molecule has 3 amide bonds. The molecule has 0 spiro atoms. The quantitative estimate of drug-likeness (QED) is 0.877. The Morgan fingerprint density at radius 3 is 2.29 bits per heavy atom. The molecule has 1 atom stereocenters. The van der Waals surface area contributed by atoms with E-state index in [4.69, 9.17) is 0 Å². The van der Waals surface area contributed by atoms with Gasteiger partial charge in [0, 0.05) is 6.20 Å². The summed E-state index contributed by atoms with van der Waals surface area (Å²) < 4.78 is 41.3. The number of hydrogen-bond donors (Lipinski definition) is 1. The molecule has 0 saturated carbocycles. The van der Waals surface area contributed by atoms with Crippen molar-refractivity contribution < 1.29 is 22.8 Å². The van der Waals surface area contributed by atoms with Crippen LogP contribution in [0.15, 0.2) is 54.7 Å². The van der Waals surface area contributed by atoms with Gasteiger partial charge in [0.25, 0.3) is 5.91 Å². The molecule has 0 aliphatic carbocycles. The van der Waals surface area contributed by atoms with E-state index in [2.05, 4.69) is 4.98 Å². The minimum absolute atomic E-state index is 0.312. The average Bonchev–Trinajstić information content (AvgIpc) is 2.82. The Hall–Kier alpha value is -2.90. The maximum atomic E-state index is 13.8. The van der Waals surface area contributed by atoms with Crippen molar-refractivity contribution in [2.45, 2.75) is 18.3 Å². The number of carbonyl (C=O) groups excluding carboxylic acids is 2. The molecule has 2 aromatic rings. The molecule has 0 unspecified atom stereocenters. The summed E-state index contributed by atoms with van der Waals surface area (Å²) in [6, 6.07) is 10.3. The van der Waals surface area contributed by atoms with E-state index in [1.165, 1.54) is 30.5 Å². The van der Waals surface area contributed by atoms with Crippen LogP contribution in [-0.4, -0.2) is 28.0 Å². The second kappa shape index (κ2) is 5.63. The number of nitrogens with one attached hydrogen (secondary N) is 1. The zero-order chi connectivity index (χ0) is 17.4. The lowest BCUT2D eigenvalue weighted by molar-refractivity contribution is -0.198. The molecular weight excluding hydrogens is 323 g/mol. The number of pyridine rings is 1. The van der Waals surface area contributed by atoms with Gasteiger partial charge in [-0.1, -0.05) is 36.4 Å². The first-order valence-corrected chi connectivity index (χ1v) is 7.02. The normalized spacial score (nSPS) is 21.0. The van der Waals surface area contributed by atoms with Crippen molar-refractivity contribution >= 4 is 11.9 Å². The minimum atomic E-state index is -4.99. The largest absolute Gasteiger partial charge is 0.425 e. The number of benzene rings is 1. The zero-order valence-electron chi connectivity index (χ0n) is 12.2. The van der Waals surface area contributed by atoms with Gasteiger partial charge >= 0.3 is 12.2 Å². The summed E-state index contributed by atoms with van der Waals surface area (Å²) in [7, 11) is 0. The van der Waals surface area contributed by atoms with Crippen LogP contribution < -0.4 is 5.32 Å². The van der Waals surface area contributed by atoms with E-state index in [1.807, 2.05) is 5.32 Å². The predicted octanol–water partition coefficient (Wildman–Crippen LogP) is 2.59. The zero-order valence-corrected chi connectivity index (χ0v) is 12.2. The molecular formula is C16H12F3N3O2. The summed E-state index contributed by atoms with van der Waals surface area (Å²) in [5.74, 6) is -1.36. The van der Waals surface area contributed by atoms with Crippen LogP contribution in [0.25, 0.3) is 0 Å². The van der Waals surface area contributed by atoms with Crippen molar-refractivity contribution in [3.05, 3.63) is 66.0 Å². The molecule has 1 saturated heterocycles. The van der Waals surface area contributed by atoms with Crippen LogP contribution in [0, 0.1) is 0 Å². The topological polar surface area (TPSA) is 62.3 Å². The van der Waals surface area contributed by atoms with Gasteiger partial charge in [0.15, 0.2) is 0 Å². The minimum Gasteiger partial charge on any atom is -0.312 e. The molecule has 8 heteroatoms. The number of rotatable bonds is 3. The number of aromatic nitrogens is 1. The summed E-state index contributed by atoms with van der Waals surface area (Å²) in [4.78, 5) is 29.1. The molecule has 1 aromatic heterocycles. The van der Waals surface area contributed by atoms with Gasteiger partial charge in [-0.05, 0) is 17.7 Å². The van der Waals surface area contributed by atoms with E-state index in [9.17, 15) is 22.8 Å². The van der Waals surface area contributed by atoms with Crippen LogP contribution in [-0.2, 0) is 16.9 Å². The summed E-state index contributed by atoms with van der Waals surface area (Å²) in [6.07, 6.45) is -3.55. The molecule has 5 nitrogen and oxygen atoms in total. The summed E-state index contributed by atoms with van der Waals surface area (Å²) in [5.41, 5.74) is -3.11. The fraction of sp³-hybridized carbons (Fsp3) is 0.188. The number of urea groups is 1. The van der Waals surface area contributed by atoms with Crippen LogP contribution >= 0.6 is 0 Å². The van der Waals surface area contributed by atoms with Crippen molar-refractivity contribution in [2.75, 3.05) is 0 Å². The SMILES string of the molecule is O=C1N[C@@](c2ccccc2)(C(F)(F)F)C(=O)N1Cc1ccccn1. The van der Waals surface area contributed by atoms with Gasteiger partial charge in [-0.15, -0.1) is 0 Å². The van der Waals surface area contributed by atoms with Crippen LogP contribution in [0.1, 0.15) is 11.3 Å². The molecule has 124 valence electrons. The third-order valence-corrected chi connectivity index (χ3v) is 3.78. The Morgan fingerprint density at radius 2 is 1.71 bits per heavy atom. The molecule has 3 rings (SSSR count). The van der Waals surface area contributed by atoms with E-state index in [-0.39, 0.29) is 12.1 Å². The lowest BCUT2D eigenvalue weighted by Gasteiger charge is -2.29. The highest BCUT2D eigenvalue weighted by atomic mass is 19.4. The predicted molar refractivity (Wildman–Crippen MR) is 77.5 cm³/mol. The number of amides is 3. The van der Waals surface area contributed by atoms with Crippen molar-refractivity contribution in [1.29, 1.82) is 0 Å². The fourth-order valence-electron chi connectivity index (χ4n) is 2.61. The lowest BCUT2D eigenvalue weighted by Crippen LogP contribution is -2.55. The molecule has 1 aliphatic rings. The van der Waals surface area contributed by atoms with Gasteiger partial charge in [0.05, 0.1) is 12.2 Å².